The molecule has 0 radical (unpaired) electrons. The minimum absolute atomic E-state index is 0.229. The lowest BCUT2D eigenvalue weighted by Crippen LogP contribution is -2.21. The molecule has 0 unspecified atom stereocenters. The first-order valence-electron chi connectivity index (χ1n) is 7.60. The van der Waals surface area contributed by atoms with E-state index in [4.69, 9.17) is 4.74 Å². The van der Waals surface area contributed by atoms with Crippen LogP contribution >= 0.6 is 0 Å². The van der Waals surface area contributed by atoms with E-state index in [1.807, 2.05) is 0 Å². The number of ether oxygens (including phenoxy) is 3. The number of methoxy groups -OCH3 is 1. The van der Waals surface area contributed by atoms with Gasteiger partial charge in [-0.05, 0) is 36.4 Å². The number of rotatable bonds is 7. The minimum Gasteiger partial charge on any atom is -0.465 e. The van der Waals surface area contributed by atoms with Crippen LogP contribution in [0.3, 0.4) is 0 Å². The molecular formula is C18H15F2NO6. The van der Waals surface area contributed by atoms with Crippen molar-refractivity contribution >= 4 is 23.5 Å². The number of carbonyl (C=O) groups is 3. The summed E-state index contributed by atoms with van der Waals surface area (Å²) in [6, 6.07) is 11.1. The van der Waals surface area contributed by atoms with E-state index >= 15 is 0 Å². The molecule has 0 bridgehead atoms. The highest BCUT2D eigenvalue weighted by atomic mass is 19.3. The van der Waals surface area contributed by atoms with Crippen molar-refractivity contribution in [3.05, 3.63) is 59.7 Å². The summed E-state index contributed by atoms with van der Waals surface area (Å²) in [7, 11) is 1.25. The topological polar surface area (TPSA) is 90.9 Å². The van der Waals surface area contributed by atoms with Crippen LogP contribution in [0.4, 0.5) is 14.5 Å². The molecule has 0 aliphatic carbocycles. The van der Waals surface area contributed by atoms with E-state index in [-0.39, 0.29) is 11.3 Å². The van der Waals surface area contributed by atoms with Crippen LogP contribution in [0.25, 0.3) is 0 Å². The zero-order valence-electron chi connectivity index (χ0n) is 14.1. The van der Waals surface area contributed by atoms with E-state index in [9.17, 15) is 23.2 Å². The van der Waals surface area contributed by atoms with Gasteiger partial charge in [0.25, 0.3) is 5.91 Å². The fraction of sp³-hybridized carbons (Fsp3) is 0.167. The van der Waals surface area contributed by atoms with Crippen LogP contribution in [0.2, 0.25) is 0 Å². The molecule has 27 heavy (non-hydrogen) atoms. The molecule has 0 aliphatic heterocycles. The molecule has 0 atom stereocenters. The molecule has 2 rings (SSSR count). The molecule has 142 valence electrons. The van der Waals surface area contributed by atoms with Crippen LogP contribution in [0.5, 0.6) is 5.75 Å². The Morgan fingerprint density at radius 2 is 1.67 bits per heavy atom. The number of benzene rings is 2. The van der Waals surface area contributed by atoms with E-state index in [1.54, 1.807) is 0 Å². The lowest BCUT2D eigenvalue weighted by Gasteiger charge is -2.10. The number of halogens is 2. The third-order valence-electron chi connectivity index (χ3n) is 3.25. The van der Waals surface area contributed by atoms with E-state index < -0.39 is 31.1 Å². The van der Waals surface area contributed by atoms with Crippen LogP contribution in [0.1, 0.15) is 20.7 Å². The summed E-state index contributed by atoms with van der Waals surface area (Å²) >= 11 is 0. The molecular weight excluding hydrogens is 364 g/mol. The maximum Gasteiger partial charge on any atom is 0.387 e. The van der Waals surface area contributed by atoms with Gasteiger partial charge in [-0.15, -0.1) is 0 Å². The Bertz CT molecular complexity index is 823. The lowest BCUT2D eigenvalue weighted by molar-refractivity contribution is -0.119. The Morgan fingerprint density at radius 1 is 1.00 bits per heavy atom. The number of anilines is 1. The van der Waals surface area contributed by atoms with Gasteiger partial charge in [0.05, 0.1) is 12.7 Å². The van der Waals surface area contributed by atoms with Gasteiger partial charge < -0.3 is 19.5 Å². The van der Waals surface area contributed by atoms with Crippen LogP contribution in [-0.2, 0) is 14.3 Å². The average molecular weight is 379 g/mol. The molecule has 1 amide bonds. The lowest BCUT2D eigenvalue weighted by atomic mass is 10.2. The van der Waals surface area contributed by atoms with Crippen LogP contribution in [-0.4, -0.2) is 38.2 Å². The first-order chi connectivity index (χ1) is 12.9. The summed E-state index contributed by atoms with van der Waals surface area (Å²) in [5, 5.41) is 2.46. The second-order valence-electron chi connectivity index (χ2n) is 5.07. The van der Waals surface area contributed by atoms with Gasteiger partial charge in [0.1, 0.15) is 11.3 Å². The number of hydrogen-bond donors (Lipinski definition) is 1. The fourth-order valence-electron chi connectivity index (χ4n) is 2.05. The first kappa shape index (κ1) is 19.8. The van der Waals surface area contributed by atoms with Crippen LogP contribution in [0.15, 0.2) is 48.5 Å². The van der Waals surface area contributed by atoms with Gasteiger partial charge in [0.2, 0.25) is 0 Å². The third-order valence-corrected chi connectivity index (χ3v) is 3.25. The van der Waals surface area contributed by atoms with Gasteiger partial charge in [-0.2, -0.15) is 8.78 Å². The predicted molar refractivity (Wildman–Crippen MR) is 89.8 cm³/mol. The van der Waals surface area contributed by atoms with Gasteiger partial charge in [-0.25, -0.2) is 9.59 Å². The van der Waals surface area contributed by atoms with Crippen molar-refractivity contribution in [3.63, 3.8) is 0 Å². The summed E-state index contributed by atoms with van der Waals surface area (Å²) in [5.74, 6) is -2.51. The van der Waals surface area contributed by atoms with Crippen molar-refractivity contribution in [1.29, 1.82) is 0 Å². The largest absolute Gasteiger partial charge is 0.465 e. The Kier molecular flexibility index (Phi) is 6.81. The minimum atomic E-state index is -3.10. The molecule has 0 spiro atoms. The number of amides is 1. The maximum atomic E-state index is 12.4. The standard InChI is InChI=1S/C18H15F2NO6/c1-25-16(23)11-6-8-12(9-7-11)21-15(22)10-26-17(24)13-4-2-3-5-14(13)27-18(19)20/h2-9,18H,10H2,1H3,(H,21,22). The Morgan fingerprint density at radius 3 is 2.30 bits per heavy atom. The zero-order chi connectivity index (χ0) is 19.8. The molecule has 9 heteroatoms. The van der Waals surface area contributed by atoms with Crippen molar-refractivity contribution in [2.24, 2.45) is 0 Å². The molecule has 0 aromatic heterocycles. The Balaban J connectivity index is 1.92. The number of para-hydroxylation sites is 1. The van der Waals surface area contributed by atoms with Crippen molar-refractivity contribution in [1.82, 2.24) is 0 Å². The smallest absolute Gasteiger partial charge is 0.387 e. The highest BCUT2D eigenvalue weighted by Gasteiger charge is 2.17. The van der Waals surface area contributed by atoms with Crippen molar-refractivity contribution in [2.75, 3.05) is 19.0 Å². The molecule has 2 aromatic carbocycles. The Hall–Kier alpha value is -3.49. The second-order valence-corrected chi connectivity index (χ2v) is 5.07. The summed E-state index contributed by atoms with van der Waals surface area (Å²) in [5.41, 5.74) is 0.440. The van der Waals surface area contributed by atoms with Gasteiger partial charge in [-0.1, -0.05) is 12.1 Å². The zero-order valence-corrected chi connectivity index (χ0v) is 14.1. The first-order valence-corrected chi connectivity index (χ1v) is 7.60. The fourth-order valence-corrected chi connectivity index (χ4v) is 2.05. The van der Waals surface area contributed by atoms with Gasteiger partial charge in [-0.3, -0.25) is 4.79 Å². The molecule has 2 aromatic rings. The van der Waals surface area contributed by atoms with E-state index in [0.717, 1.165) is 0 Å². The maximum absolute atomic E-state index is 12.4. The summed E-state index contributed by atoms with van der Waals surface area (Å²) in [6.07, 6.45) is 0. The van der Waals surface area contributed by atoms with Gasteiger partial charge >= 0.3 is 18.6 Å². The van der Waals surface area contributed by atoms with Crippen LogP contribution < -0.4 is 10.1 Å². The number of nitrogens with one attached hydrogen (secondary N) is 1. The van der Waals surface area contributed by atoms with Crippen LogP contribution in [0, 0.1) is 0 Å². The number of carbonyl (C=O) groups excluding carboxylic acids is 3. The van der Waals surface area contributed by atoms with Crippen molar-refractivity contribution in [2.45, 2.75) is 6.61 Å². The van der Waals surface area contributed by atoms with Crippen molar-refractivity contribution in [3.8, 4) is 5.75 Å². The third kappa shape index (κ3) is 5.77. The monoisotopic (exact) mass is 379 g/mol. The van der Waals surface area contributed by atoms with Crippen molar-refractivity contribution < 1.29 is 37.4 Å². The highest BCUT2D eigenvalue weighted by molar-refractivity contribution is 5.97. The molecule has 0 aliphatic rings. The SMILES string of the molecule is COC(=O)c1ccc(NC(=O)COC(=O)c2ccccc2OC(F)F)cc1. The highest BCUT2D eigenvalue weighted by Crippen LogP contribution is 2.21. The van der Waals surface area contributed by atoms with E-state index in [1.165, 1.54) is 55.6 Å². The predicted octanol–water partition coefficient (Wildman–Crippen LogP) is 2.87. The average Bonchev–Trinajstić information content (AvgIpc) is 2.66. The number of hydrogen-bond acceptors (Lipinski definition) is 6. The second kappa shape index (κ2) is 9.27. The number of alkyl halides is 2. The molecule has 0 saturated carbocycles. The normalized spacial score (nSPS) is 10.2. The van der Waals surface area contributed by atoms with Gasteiger partial charge in [0, 0.05) is 5.69 Å². The van der Waals surface area contributed by atoms with Gasteiger partial charge in [0.15, 0.2) is 6.61 Å². The summed E-state index contributed by atoms with van der Waals surface area (Å²) in [6.45, 7) is -3.74. The van der Waals surface area contributed by atoms with E-state index in [2.05, 4.69) is 14.8 Å². The molecule has 1 N–H and O–H groups in total. The molecule has 7 nitrogen and oxygen atoms in total. The Labute approximate surface area is 152 Å². The quantitative estimate of drug-likeness (QED) is 0.744. The molecule has 0 heterocycles. The van der Waals surface area contributed by atoms with E-state index in [0.29, 0.717) is 11.3 Å². The number of esters is 2. The summed E-state index contributed by atoms with van der Waals surface area (Å²) < 4.78 is 38.3. The summed E-state index contributed by atoms with van der Waals surface area (Å²) in [4.78, 5) is 35.2. The molecule has 0 fully saturated rings. The molecule has 0 saturated heterocycles.